The summed E-state index contributed by atoms with van der Waals surface area (Å²) in [5.41, 5.74) is 0.981. The molecule has 0 fully saturated rings. The van der Waals surface area contributed by atoms with Crippen LogP contribution in [0, 0.1) is 0 Å². The molecule has 2 rings (SSSR count). The number of thiophene rings is 1. The van der Waals surface area contributed by atoms with E-state index < -0.39 is 0 Å². The van der Waals surface area contributed by atoms with Crippen LogP contribution in [-0.2, 0) is 6.54 Å². The standard InChI is InChI=1S/C7H5Cl2N3S2/c8-6-4(2-13-7(6)9)1-10-5-3-14-12-11-5/h2-3,10H,1H2. The van der Waals surface area contributed by atoms with E-state index in [4.69, 9.17) is 23.2 Å². The van der Waals surface area contributed by atoms with E-state index in [1.165, 1.54) is 22.9 Å². The van der Waals surface area contributed by atoms with Crippen molar-refractivity contribution in [2.24, 2.45) is 0 Å². The highest BCUT2D eigenvalue weighted by Crippen LogP contribution is 2.32. The molecule has 0 saturated heterocycles. The minimum atomic E-state index is 0.618. The first kappa shape index (κ1) is 10.2. The van der Waals surface area contributed by atoms with Gasteiger partial charge in [-0.25, -0.2) is 0 Å². The van der Waals surface area contributed by atoms with Crippen LogP contribution in [-0.4, -0.2) is 9.59 Å². The fourth-order valence-electron chi connectivity index (χ4n) is 0.899. The second kappa shape index (κ2) is 4.44. The lowest BCUT2D eigenvalue weighted by Crippen LogP contribution is -1.98. The van der Waals surface area contributed by atoms with Crippen LogP contribution in [0.3, 0.4) is 0 Å². The first-order chi connectivity index (χ1) is 6.77. The third kappa shape index (κ3) is 2.17. The molecule has 74 valence electrons. The lowest BCUT2D eigenvalue weighted by Gasteiger charge is -1.99. The Labute approximate surface area is 98.8 Å². The number of hydrogen-bond acceptors (Lipinski definition) is 5. The zero-order valence-corrected chi connectivity index (χ0v) is 9.97. The summed E-state index contributed by atoms with van der Waals surface area (Å²) in [6.07, 6.45) is 0. The number of rotatable bonds is 3. The SMILES string of the molecule is Clc1scc(CNc2csnn2)c1Cl. The van der Waals surface area contributed by atoms with Gasteiger partial charge in [0.05, 0.1) is 10.4 Å². The van der Waals surface area contributed by atoms with Gasteiger partial charge in [-0.1, -0.05) is 27.7 Å². The third-order valence-corrected chi connectivity index (χ3v) is 3.99. The van der Waals surface area contributed by atoms with Crippen LogP contribution in [0.2, 0.25) is 9.36 Å². The number of hydrogen-bond donors (Lipinski definition) is 1. The van der Waals surface area contributed by atoms with Crippen molar-refractivity contribution in [2.45, 2.75) is 6.54 Å². The van der Waals surface area contributed by atoms with Gasteiger partial charge in [-0.3, -0.25) is 0 Å². The largest absolute Gasteiger partial charge is 0.364 e. The van der Waals surface area contributed by atoms with E-state index in [0.717, 1.165) is 11.4 Å². The summed E-state index contributed by atoms with van der Waals surface area (Å²) in [6, 6.07) is 0. The van der Waals surface area contributed by atoms with Crippen LogP contribution in [0.15, 0.2) is 10.8 Å². The van der Waals surface area contributed by atoms with Crippen LogP contribution < -0.4 is 5.32 Å². The van der Waals surface area contributed by atoms with Gasteiger partial charge in [-0.15, -0.1) is 16.4 Å². The number of nitrogens with zero attached hydrogens (tertiary/aromatic N) is 2. The topological polar surface area (TPSA) is 37.8 Å². The Morgan fingerprint density at radius 3 is 2.79 bits per heavy atom. The molecule has 0 saturated carbocycles. The smallest absolute Gasteiger partial charge is 0.161 e. The van der Waals surface area contributed by atoms with E-state index in [1.807, 2.05) is 10.8 Å². The Morgan fingerprint density at radius 1 is 1.36 bits per heavy atom. The predicted molar refractivity (Wildman–Crippen MR) is 61.6 cm³/mol. The van der Waals surface area contributed by atoms with Crippen molar-refractivity contribution in [2.75, 3.05) is 5.32 Å². The number of halogens is 2. The molecule has 0 aliphatic carbocycles. The van der Waals surface area contributed by atoms with E-state index >= 15 is 0 Å². The molecule has 0 radical (unpaired) electrons. The first-order valence-corrected chi connectivity index (χ1v) is 6.17. The molecule has 3 nitrogen and oxygen atoms in total. The van der Waals surface area contributed by atoms with Crippen LogP contribution in [0.25, 0.3) is 0 Å². The predicted octanol–water partition coefficient (Wildman–Crippen LogP) is 3.52. The van der Waals surface area contributed by atoms with Crippen LogP contribution in [0.4, 0.5) is 5.82 Å². The molecule has 2 aromatic rings. The maximum Gasteiger partial charge on any atom is 0.161 e. The highest BCUT2D eigenvalue weighted by Gasteiger charge is 2.07. The van der Waals surface area contributed by atoms with Gasteiger partial charge in [-0.05, 0) is 16.9 Å². The van der Waals surface area contributed by atoms with E-state index in [9.17, 15) is 0 Å². The maximum atomic E-state index is 5.95. The summed E-state index contributed by atoms with van der Waals surface area (Å²) >= 11 is 14.5. The molecule has 2 heterocycles. The fraction of sp³-hybridized carbons (Fsp3) is 0.143. The molecule has 0 atom stereocenters. The Hall–Kier alpha value is -0.360. The van der Waals surface area contributed by atoms with Gasteiger partial charge in [0.15, 0.2) is 5.82 Å². The molecule has 0 unspecified atom stereocenters. The summed E-state index contributed by atoms with van der Waals surface area (Å²) < 4.78 is 4.36. The van der Waals surface area contributed by atoms with Gasteiger partial charge in [-0.2, -0.15) is 0 Å². The minimum Gasteiger partial charge on any atom is -0.364 e. The molecule has 0 amide bonds. The summed E-state index contributed by atoms with van der Waals surface area (Å²) in [4.78, 5) is 0. The quantitative estimate of drug-likeness (QED) is 0.923. The number of nitrogens with one attached hydrogen (secondary N) is 1. The van der Waals surface area contributed by atoms with Gasteiger partial charge >= 0.3 is 0 Å². The first-order valence-electron chi connectivity index (χ1n) is 3.69. The van der Waals surface area contributed by atoms with E-state index in [-0.39, 0.29) is 0 Å². The van der Waals surface area contributed by atoms with Gasteiger partial charge in [0, 0.05) is 12.1 Å². The molecular formula is C7H5Cl2N3S2. The second-order valence-corrected chi connectivity index (χ2v) is 4.96. The van der Waals surface area contributed by atoms with Crippen molar-refractivity contribution >= 4 is 51.9 Å². The van der Waals surface area contributed by atoms with E-state index in [2.05, 4.69) is 14.9 Å². The third-order valence-electron chi connectivity index (χ3n) is 1.58. The van der Waals surface area contributed by atoms with Crippen molar-refractivity contribution in [3.8, 4) is 0 Å². The highest BCUT2D eigenvalue weighted by molar-refractivity contribution is 7.15. The van der Waals surface area contributed by atoms with Crippen LogP contribution in [0.1, 0.15) is 5.56 Å². The van der Waals surface area contributed by atoms with Crippen molar-refractivity contribution < 1.29 is 0 Å². The zero-order valence-electron chi connectivity index (χ0n) is 6.83. The number of anilines is 1. The lowest BCUT2D eigenvalue weighted by molar-refractivity contribution is 1.08. The summed E-state index contributed by atoms with van der Waals surface area (Å²) in [6.45, 7) is 0.619. The maximum absolute atomic E-state index is 5.95. The van der Waals surface area contributed by atoms with E-state index in [0.29, 0.717) is 15.9 Å². The highest BCUT2D eigenvalue weighted by atomic mass is 35.5. The van der Waals surface area contributed by atoms with Gasteiger partial charge in [0.2, 0.25) is 0 Å². The van der Waals surface area contributed by atoms with Gasteiger partial charge in [0.1, 0.15) is 4.34 Å². The average molecular weight is 266 g/mol. The molecule has 0 aliphatic rings. The monoisotopic (exact) mass is 265 g/mol. The van der Waals surface area contributed by atoms with Gasteiger partial charge < -0.3 is 5.32 Å². The molecule has 0 aliphatic heterocycles. The van der Waals surface area contributed by atoms with Crippen molar-refractivity contribution in [3.05, 3.63) is 25.7 Å². The molecule has 2 aromatic heterocycles. The van der Waals surface area contributed by atoms with Crippen LogP contribution in [0.5, 0.6) is 0 Å². The Kier molecular flexibility index (Phi) is 3.22. The van der Waals surface area contributed by atoms with Crippen molar-refractivity contribution in [1.82, 2.24) is 9.59 Å². The Balaban J connectivity index is 2.02. The van der Waals surface area contributed by atoms with E-state index in [1.54, 1.807) is 0 Å². The molecule has 0 spiro atoms. The van der Waals surface area contributed by atoms with Crippen molar-refractivity contribution in [1.29, 1.82) is 0 Å². The van der Waals surface area contributed by atoms with Crippen LogP contribution >= 0.6 is 46.1 Å². The normalized spacial score (nSPS) is 10.4. The molecule has 14 heavy (non-hydrogen) atoms. The Bertz CT molecular complexity index is 412. The molecule has 0 aromatic carbocycles. The van der Waals surface area contributed by atoms with Gasteiger partial charge in [0.25, 0.3) is 0 Å². The molecule has 7 heteroatoms. The zero-order chi connectivity index (χ0) is 9.97. The molecular weight excluding hydrogens is 261 g/mol. The summed E-state index contributed by atoms with van der Waals surface area (Å²) in [5.74, 6) is 0.758. The fourth-order valence-corrected chi connectivity index (χ4v) is 2.57. The minimum absolute atomic E-state index is 0.618. The second-order valence-electron chi connectivity index (χ2n) is 2.49. The average Bonchev–Trinajstić information content (AvgIpc) is 2.77. The Morgan fingerprint density at radius 2 is 2.21 bits per heavy atom. The molecule has 1 N–H and O–H groups in total. The van der Waals surface area contributed by atoms with Crippen molar-refractivity contribution in [3.63, 3.8) is 0 Å². The summed E-state index contributed by atoms with van der Waals surface area (Å²) in [5, 5.41) is 11.3. The number of aromatic nitrogens is 2. The lowest BCUT2D eigenvalue weighted by atomic mass is 10.3. The molecule has 0 bridgehead atoms. The summed E-state index contributed by atoms with van der Waals surface area (Å²) in [7, 11) is 0.